The Bertz CT molecular complexity index is 246. The van der Waals surface area contributed by atoms with Crippen molar-refractivity contribution < 1.29 is 0 Å². The van der Waals surface area contributed by atoms with Crippen molar-refractivity contribution in [2.75, 3.05) is 0 Å². The molecule has 1 saturated carbocycles. The first-order chi connectivity index (χ1) is 4.77. The second kappa shape index (κ2) is 2.83. The van der Waals surface area contributed by atoms with E-state index in [4.69, 9.17) is 5.73 Å². The van der Waals surface area contributed by atoms with Crippen LogP contribution >= 0.6 is 12.4 Å². The van der Waals surface area contributed by atoms with Gasteiger partial charge in [-0.1, -0.05) is 0 Å². The van der Waals surface area contributed by atoms with Crippen molar-refractivity contribution in [1.82, 2.24) is 9.78 Å². The monoisotopic (exact) mass is 173 g/mol. The van der Waals surface area contributed by atoms with Gasteiger partial charge in [-0.25, -0.2) is 0 Å². The molecule has 62 valence electrons. The quantitative estimate of drug-likeness (QED) is 0.678. The van der Waals surface area contributed by atoms with Crippen LogP contribution in [0, 0.1) is 0 Å². The lowest BCUT2D eigenvalue weighted by atomic mass is 10.2. The predicted molar refractivity (Wildman–Crippen MR) is 45.8 cm³/mol. The Morgan fingerprint density at radius 2 is 2.36 bits per heavy atom. The molecule has 0 unspecified atom stereocenters. The Morgan fingerprint density at radius 1 is 1.73 bits per heavy atom. The molecule has 1 fully saturated rings. The zero-order chi connectivity index (χ0) is 7.14. The van der Waals surface area contributed by atoms with E-state index in [1.807, 2.05) is 24.1 Å². The van der Waals surface area contributed by atoms with Crippen molar-refractivity contribution >= 4 is 12.4 Å². The van der Waals surface area contributed by atoms with Crippen molar-refractivity contribution in [3.8, 4) is 0 Å². The minimum Gasteiger partial charge on any atom is -0.327 e. The summed E-state index contributed by atoms with van der Waals surface area (Å²) in [6.07, 6.45) is 5.07. The SMILES string of the molecule is Cl.Cn1cc([C@@H]2C[C@H]2N)cn1. The predicted octanol–water partition coefficient (Wildman–Crippen LogP) is 0.656. The van der Waals surface area contributed by atoms with Crippen LogP contribution in [0.2, 0.25) is 0 Å². The molecule has 0 radical (unpaired) electrons. The van der Waals surface area contributed by atoms with E-state index >= 15 is 0 Å². The summed E-state index contributed by atoms with van der Waals surface area (Å²) in [5.41, 5.74) is 6.96. The highest BCUT2D eigenvalue weighted by Gasteiger charge is 2.35. The molecule has 4 heteroatoms. The summed E-state index contributed by atoms with van der Waals surface area (Å²) < 4.78 is 1.82. The van der Waals surface area contributed by atoms with Crippen molar-refractivity contribution in [1.29, 1.82) is 0 Å². The van der Waals surface area contributed by atoms with Gasteiger partial charge >= 0.3 is 0 Å². The summed E-state index contributed by atoms with van der Waals surface area (Å²) in [4.78, 5) is 0. The fourth-order valence-electron chi connectivity index (χ4n) is 1.23. The molecule has 2 N–H and O–H groups in total. The van der Waals surface area contributed by atoms with Crippen molar-refractivity contribution in [3.63, 3.8) is 0 Å². The molecule has 11 heavy (non-hydrogen) atoms. The first kappa shape index (κ1) is 8.56. The molecule has 1 aromatic rings. The van der Waals surface area contributed by atoms with Crippen LogP contribution in [0.15, 0.2) is 12.4 Å². The van der Waals surface area contributed by atoms with Gasteiger partial charge in [0.2, 0.25) is 0 Å². The zero-order valence-corrected chi connectivity index (χ0v) is 7.21. The number of halogens is 1. The first-order valence-electron chi connectivity index (χ1n) is 3.51. The van der Waals surface area contributed by atoms with E-state index in [0.717, 1.165) is 6.42 Å². The fourth-order valence-corrected chi connectivity index (χ4v) is 1.23. The number of hydrogen-bond acceptors (Lipinski definition) is 2. The number of nitrogens with zero attached hydrogens (tertiary/aromatic N) is 2. The molecule has 1 aliphatic rings. The summed E-state index contributed by atoms with van der Waals surface area (Å²) in [5.74, 6) is 0.591. The molecule has 2 atom stereocenters. The third-order valence-corrected chi connectivity index (χ3v) is 1.99. The number of rotatable bonds is 1. The van der Waals surface area contributed by atoms with Crippen molar-refractivity contribution in [2.45, 2.75) is 18.4 Å². The van der Waals surface area contributed by atoms with Gasteiger partial charge in [0.05, 0.1) is 6.20 Å². The molecule has 0 saturated heterocycles. The van der Waals surface area contributed by atoms with Crippen LogP contribution in [0.4, 0.5) is 0 Å². The van der Waals surface area contributed by atoms with Gasteiger partial charge < -0.3 is 5.73 Å². The topological polar surface area (TPSA) is 43.8 Å². The first-order valence-corrected chi connectivity index (χ1v) is 3.51. The Kier molecular flexibility index (Phi) is 2.20. The van der Waals surface area contributed by atoms with Gasteiger partial charge in [0.1, 0.15) is 0 Å². The van der Waals surface area contributed by atoms with Crippen molar-refractivity contribution in [2.24, 2.45) is 12.8 Å². The van der Waals surface area contributed by atoms with Crippen LogP contribution in [0.1, 0.15) is 17.9 Å². The Hall–Kier alpha value is -0.540. The Balaban J connectivity index is 0.000000605. The second-order valence-corrected chi connectivity index (χ2v) is 2.95. The van der Waals surface area contributed by atoms with Gasteiger partial charge in [-0.15, -0.1) is 12.4 Å². The number of aromatic nitrogens is 2. The highest BCUT2D eigenvalue weighted by Crippen LogP contribution is 2.38. The van der Waals surface area contributed by atoms with E-state index in [0.29, 0.717) is 12.0 Å². The van der Waals surface area contributed by atoms with E-state index in [2.05, 4.69) is 5.10 Å². The largest absolute Gasteiger partial charge is 0.327 e. The molecule has 2 rings (SSSR count). The van der Waals surface area contributed by atoms with Gasteiger partial charge in [-0.3, -0.25) is 4.68 Å². The van der Waals surface area contributed by atoms with Crippen LogP contribution in [0.5, 0.6) is 0 Å². The second-order valence-electron chi connectivity index (χ2n) is 2.95. The Morgan fingerprint density at radius 3 is 2.73 bits per heavy atom. The van der Waals surface area contributed by atoms with Crippen LogP contribution in [-0.4, -0.2) is 15.8 Å². The third-order valence-electron chi connectivity index (χ3n) is 1.99. The molecule has 1 aromatic heterocycles. The lowest BCUT2D eigenvalue weighted by Crippen LogP contribution is -2.00. The van der Waals surface area contributed by atoms with E-state index in [1.54, 1.807) is 0 Å². The average molecular weight is 174 g/mol. The summed E-state index contributed by atoms with van der Waals surface area (Å²) in [6.45, 7) is 0. The molecule has 0 bridgehead atoms. The maximum absolute atomic E-state index is 5.67. The normalized spacial score (nSPS) is 27.8. The van der Waals surface area contributed by atoms with Crippen LogP contribution < -0.4 is 5.73 Å². The summed E-state index contributed by atoms with van der Waals surface area (Å²) >= 11 is 0. The highest BCUT2D eigenvalue weighted by atomic mass is 35.5. The molecule has 0 aliphatic heterocycles. The molecule has 0 aromatic carbocycles. The van der Waals surface area contributed by atoms with E-state index < -0.39 is 0 Å². The molecule has 3 nitrogen and oxygen atoms in total. The van der Waals surface area contributed by atoms with Gasteiger partial charge in [0.25, 0.3) is 0 Å². The Labute approximate surface area is 72.0 Å². The minimum absolute atomic E-state index is 0. The standard InChI is InChI=1S/C7H11N3.ClH/c1-10-4-5(3-9-10)6-2-7(6)8;/h3-4,6-7H,2,8H2,1H3;1H/t6-,7+;/m0./s1. The molecule has 0 amide bonds. The molecular formula is C7H12ClN3. The lowest BCUT2D eigenvalue weighted by Gasteiger charge is -1.86. The minimum atomic E-state index is 0. The van der Waals surface area contributed by atoms with E-state index in [-0.39, 0.29) is 12.4 Å². The summed E-state index contributed by atoms with van der Waals surface area (Å²) in [6, 6.07) is 0.393. The average Bonchev–Trinajstić information content (AvgIpc) is 2.42. The summed E-state index contributed by atoms with van der Waals surface area (Å²) in [5, 5.41) is 4.07. The zero-order valence-electron chi connectivity index (χ0n) is 6.40. The van der Waals surface area contributed by atoms with Crippen molar-refractivity contribution in [3.05, 3.63) is 18.0 Å². The number of nitrogens with two attached hydrogens (primary N) is 1. The summed E-state index contributed by atoms with van der Waals surface area (Å²) in [7, 11) is 1.93. The van der Waals surface area contributed by atoms with E-state index in [9.17, 15) is 0 Å². The molecule has 1 aliphatic carbocycles. The van der Waals surface area contributed by atoms with Gasteiger partial charge in [0, 0.05) is 25.2 Å². The molecular weight excluding hydrogens is 162 g/mol. The molecule has 1 heterocycles. The van der Waals surface area contributed by atoms with Crippen LogP contribution in [-0.2, 0) is 7.05 Å². The number of hydrogen-bond donors (Lipinski definition) is 1. The highest BCUT2D eigenvalue weighted by molar-refractivity contribution is 5.85. The fraction of sp³-hybridized carbons (Fsp3) is 0.571. The van der Waals surface area contributed by atoms with Gasteiger partial charge in [-0.2, -0.15) is 5.10 Å². The maximum atomic E-state index is 5.67. The number of aryl methyl sites for hydroxylation is 1. The van der Waals surface area contributed by atoms with Gasteiger partial charge in [0.15, 0.2) is 0 Å². The maximum Gasteiger partial charge on any atom is 0.0525 e. The van der Waals surface area contributed by atoms with Gasteiger partial charge in [-0.05, 0) is 12.0 Å². The van der Waals surface area contributed by atoms with Crippen LogP contribution in [0.25, 0.3) is 0 Å². The lowest BCUT2D eigenvalue weighted by molar-refractivity contribution is 0.766. The van der Waals surface area contributed by atoms with Crippen LogP contribution in [0.3, 0.4) is 0 Å². The molecule has 0 spiro atoms. The third kappa shape index (κ3) is 1.54. The van der Waals surface area contributed by atoms with E-state index in [1.165, 1.54) is 5.56 Å². The smallest absolute Gasteiger partial charge is 0.0525 e.